The third-order valence-electron chi connectivity index (χ3n) is 15.9. The molecule has 0 aliphatic carbocycles. The van der Waals surface area contributed by atoms with E-state index in [9.17, 15) is 43.2 Å². The number of hydrogen-bond acceptors (Lipinski definition) is 15. The van der Waals surface area contributed by atoms with Crippen LogP contribution in [0.1, 0.15) is 310 Å². The molecule has 0 aromatic heterocycles. The summed E-state index contributed by atoms with van der Waals surface area (Å²) in [6.07, 6.45) is 79.1. The summed E-state index contributed by atoms with van der Waals surface area (Å²) in [6, 6.07) is 0. The Labute approximate surface area is 606 Å². The van der Waals surface area contributed by atoms with Crippen LogP contribution in [0.25, 0.3) is 0 Å². The van der Waals surface area contributed by atoms with Crippen LogP contribution in [0.4, 0.5) is 0 Å². The minimum Gasteiger partial charge on any atom is -0.462 e. The van der Waals surface area contributed by atoms with Crippen molar-refractivity contribution in [2.45, 2.75) is 329 Å². The molecule has 0 heterocycles. The van der Waals surface area contributed by atoms with Crippen molar-refractivity contribution < 1.29 is 80.2 Å². The van der Waals surface area contributed by atoms with Gasteiger partial charge in [-0.1, -0.05) is 278 Å². The lowest BCUT2D eigenvalue weighted by molar-refractivity contribution is -0.161. The van der Waals surface area contributed by atoms with Crippen LogP contribution < -0.4 is 0 Å². The van der Waals surface area contributed by atoms with Crippen LogP contribution >= 0.6 is 15.6 Å². The maximum Gasteiger partial charge on any atom is 0.472 e. The predicted molar refractivity (Wildman–Crippen MR) is 408 cm³/mol. The van der Waals surface area contributed by atoms with Crippen LogP contribution in [0, 0.1) is 0 Å². The van der Waals surface area contributed by atoms with Crippen molar-refractivity contribution in [1.29, 1.82) is 0 Å². The molecule has 100 heavy (non-hydrogen) atoms. The van der Waals surface area contributed by atoms with E-state index in [0.29, 0.717) is 32.1 Å². The van der Waals surface area contributed by atoms with E-state index in [1.54, 1.807) is 0 Å². The van der Waals surface area contributed by atoms with Crippen molar-refractivity contribution in [1.82, 2.24) is 0 Å². The van der Waals surface area contributed by atoms with Gasteiger partial charge in [0, 0.05) is 25.7 Å². The zero-order chi connectivity index (χ0) is 73.2. The number of unbranched alkanes of at least 4 members (excludes halogenated alkanes) is 26. The number of phosphoric acid groups is 2. The van der Waals surface area contributed by atoms with Gasteiger partial charge < -0.3 is 33.8 Å². The molecule has 0 bridgehead atoms. The molecule has 3 N–H and O–H groups in total. The maximum absolute atomic E-state index is 13.1. The Morgan fingerprint density at radius 1 is 0.290 bits per heavy atom. The molecular formula is C81H138O17P2. The zero-order valence-electron chi connectivity index (χ0n) is 62.6. The highest BCUT2D eigenvalue weighted by molar-refractivity contribution is 7.47. The molecule has 5 atom stereocenters. The van der Waals surface area contributed by atoms with Gasteiger partial charge in [0.25, 0.3) is 0 Å². The number of carbonyl (C=O) groups excluding carboxylic acids is 4. The molecular weight excluding hydrogens is 1310 g/mol. The summed E-state index contributed by atoms with van der Waals surface area (Å²) in [5.41, 5.74) is 0. The van der Waals surface area contributed by atoms with Crippen LogP contribution in [-0.4, -0.2) is 96.7 Å². The van der Waals surface area contributed by atoms with E-state index >= 15 is 0 Å². The minimum absolute atomic E-state index is 0.0713. The molecule has 19 heteroatoms. The number of phosphoric ester groups is 2. The molecule has 5 unspecified atom stereocenters. The van der Waals surface area contributed by atoms with E-state index in [1.165, 1.54) is 64.2 Å². The second kappa shape index (κ2) is 72.8. The molecule has 0 saturated carbocycles. The third kappa shape index (κ3) is 71.8. The van der Waals surface area contributed by atoms with Crippen molar-refractivity contribution in [2.24, 2.45) is 0 Å². The van der Waals surface area contributed by atoms with Gasteiger partial charge in [-0.15, -0.1) is 0 Å². The molecule has 0 spiro atoms. The summed E-state index contributed by atoms with van der Waals surface area (Å²) >= 11 is 0. The molecule has 0 saturated heterocycles. The van der Waals surface area contributed by atoms with E-state index in [4.69, 9.17) is 37.0 Å². The van der Waals surface area contributed by atoms with Gasteiger partial charge in [-0.05, 0) is 128 Å². The van der Waals surface area contributed by atoms with Gasteiger partial charge >= 0.3 is 39.5 Å². The van der Waals surface area contributed by atoms with Gasteiger partial charge in [0.15, 0.2) is 12.2 Å². The fourth-order valence-electron chi connectivity index (χ4n) is 10.1. The topological polar surface area (TPSA) is 237 Å². The summed E-state index contributed by atoms with van der Waals surface area (Å²) in [5, 5.41) is 10.6. The monoisotopic (exact) mass is 1440 g/mol. The highest BCUT2D eigenvalue weighted by Crippen LogP contribution is 2.45. The van der Waals surface area contributed by atoms with Gasteiger partial charge in [0.1, 0.15) is 19.3 Å². The minimum atomic E-state index is -4.99. The number of ether oxygens (including phenoxy) is 4. The zero-order valence-corrected chi connectivity index (χ0v) is 64.4. The Hall–Kier alpha value is -4.54. The normalized spacial score (nSPS) is 14.6. The first-order valence-corrected chi connectivity index (χ1v) is 41.8. The molecule has 0 fully saturated rings. The average molecular weight is 1450 g/mol. The summed E-state index contributed by atoms with van der Waals surface area (Å²) in [5.74, 6) is -2.26. The van der Waals surface area contributed by atoms with Gasteiger partial charge in [0.2, 0.25) is 0 Å². The van der Waals surface area contributed by atoms with Gasteiger partial charge in [-0.2, -0.15) is 0 Å². The highest BCUT2D eigenvalue weighted by Gasteiger charge is 2.30. The second-order valence-corrected chi connectivity index (χ2v) is 28.4. The van der Waals surface area contributed by atoms with Crippen LogP contribution in [0.2, 0.25) is 0 Å². The predicted octanol–water partition coefficient (Wildman–Crippen LogP) is 22.3. The van der Waals surface area contributed by atoms with Crippen molar-refractivity contribution in [2.75, 3.05) is 39.6 Å². The number of hydrogen-bond donors (Lipinski definition) is 3. The van der Waals surface area contributed by atoms with Gasteiger partial charge in [-0.25, -0.2) is 9.13 Å². The summed E-state index contributed by atoms with van der Waals surface area (Å²) < 4.78 is 68.4. The average Bonchev–Trinajstić information content (AvgIpc) is 0.939. The lowest BCUT2D eigenvalue weighted by atomic mass is 10.1. The number of allylic oxidation sites excluding steroid dienone is 20. The quantitative estimate of drug-likeness (QED) is 0.0169. The maximum atomic E-state index is 13.1. The van der Waals surface area contributed by atoms with E-state index in [2.05, 4.69) is 137 Å². The van der Waals surface area contributed by atoms with Crippen molar-refractivity contribution >= 4 is 39.5 Å². The number of rotatable bonds is 72. The molecule has 0 aliphatic rings. The Bertz CT molecular complexity index is 2370. The van der Waals surface area contributed by atoms with Crippen molar-refractivity contribution in [3.8, 4) is 0 Å². The van der Waals surface area contributed by atoms with E-state index in [-0.39, 0.29) is 25.7 Å². The molecule has 0 radical (unpaired) electrons. The third-order valence-corrected chi connectivity index (χ3v) is 17.8. The van der Waals surface area contributed by atoms with E-state index in [0.717, 1.165) is 161 Å². The lowest BCUT2D eigenvalue weighted by Crippen LogP contribution is -2.30. The molecule has 0 aromatic rings. The SMILES string of the molecule is CC/C=C\C/C=C\C/C=C\C/C=C\C/C=C\CCCC(=O)OCC(COP(=O)(O)OCC(O)COP(=O)(O)OCC(COC(=O)CCCCCCCC/C=C\C/C=C\C/C=C\C/C=C\CC)OC(=O)CCCCCCCCCCCCC)OC(=O)CCCCCCC/C=C\CCCCCC. The van der Waals surface area contributed by atoms with Crippen LogP contribution in [0.5, 0.6) is 0 Å². The standard InChI is InChI=1S/C81H138O17P2/c1-5-9-13-17-21-25-29-32-34-36-37-39-41-44-47-50-54-58-62-66-78(83)91-71-76(97-80(85)67-63-59-55-51-45-28-24-20-16-12-8-4)73-95-99(87,88)93-69-75(82)70-94-100(89,90)96-74-77(98-81(86)68-64-60-56-52-48-42-31-27-23-19-15-11-7-3)72-92-79(84)65-61-57-53-49-46-43-40-38-35-33-30-26-22-18-14-10-6-2/h9-10,13-14,21-22,25-27,31-35,37,39-40,43,49,53,75-77,82H,5-8,11-12,15-20,23-24,28-30,36,38,41-42,44-48,50-52,54-74H2,1-4H3,(H,87,88)(H,89,90)/b13-9-,14-10-,25-21-,26-22-,31-27-,34-32-,35-33-,39-37-,43-40-,53-49-. The molecule has 0 aliphatic heterocycles. The summed E-state index contributed by atoms with van der Waals surface area (Å²) in [7, 11) is -9.97. The molecule has 0 aromatic carbocycles. The van der Waals surface area contributed by atoms with E-state index < -0.39 is 97.5 Å². The van der Waals surface area contributed by atoms with Crippen LogP contribution in [0.15, 0.2) is 122 Å². The Morgan fingerprint density at radius 3 is 0.860 bits per heavy atom. The van der Waals surface area contributed by atoms with E-state index in [1.807, 2.05) is 12.2 Å². The Kier molecular flexibility index (Phi) is 69.5. The van der Waals surface area contributed by atoms with Crippen molar-refractivity contribution in [3.63, 3.8) is 0 Å². The smallest absolute Gasteiger partial charge is 0.462 e. The Morgan fingerprint density at radius 2 is 0.530 bits per heavy atom. The Balaban J connectivity index is 5.36. The summed E-state index contributed by atoms with van der Waals surface area (Å²) in [4.78, 5) is 72.8. The van der Waals surface area contributed by atoms with Crippen LogP contribution in [-0.2, 0) is 65.4 Å². The molecule has 574 valence electrons. The first-order chi connectivity index (χ1) is 48.7. The lowest BCUT2D eigenvalue weighted by Gasteiger charge is -2.21. The van der Waals surface area contributed by atoms with Gasteiger partial charge in [0.05, 0.1) is 26.4 Å². The first-order valence-electron chi connectivity index (χ1n) is 38.8. The fraction of sp³-hybridized carbons (Fsp3) is 0.704. The fourth-order valence-corrected chi connectivity index (χ4v) is 11.6. The number of aliphatic hydroxyl groups is 1. The largest absolute Gasteiger partial charge is 0.472 e. The number of aliphatic hydroxyl groups excluding tert-OH is 1. The molecule has 0 rings (SSSR count). The second-order valence-electron chi connectivity index (χ2n) is 25.5. The molecule has 17 nitrogen and oxygen atoms in total. The highest BCUT2D eigenvalue weighted by atomic mass is 31.2. The first kappa shape index (κ1) is 95.5. The summed E-state index contributed by atoms with van der Waals surface area (Å²) in [6.45, 7) is 4.54. The van der Waals surface area contributed by atoms with Crippen LogP contribution in [0.3, 0.4) is 0 Å². The molecule has 0 amide bonds. The number of esters is 4. The van der Waals surface area contributed by atoms with Gasteiger partial charge in [-0.3, -0.25) is 37.3 Å². The number of carbonyl (C=O) groups is 4. The van der Waals surface area contributed by atoms with Crippen molar-refractivity contribution in [3.05, 3.63) is 122 Å².